The molecule has 0 radical (unpaired) electrons. The molecule has 3 saturated carbocycles. The maximum Gasteiger partial charge on any atom is 0.134 e. The van der Waals surface area contributed by atoms with Gasteiger partial charge in [0.15, 0.2) is 0 Å². The van der Waals surface area contributed by atoms with E-state index in [0.717, 1.165) is 49.9 Å². The van der Waals surface area contributed by atoms with Gasteiger partial charge in [-0.05, 0) is 86.9 Å². The average molecular weight is 327 g/mol. The Labute approximate surface area is 141 Å². The summed E-state index contributed by atoms with van der Waals surface area (Å²) in [5.41, 5.74) is 0. The second kappa shape index (κ2) is 7.83. The molecule has 4 atom stereocenters. The molecular weight excluding hydrogens is 290 g/mol. The Morgan fingerprint density at radius 3 is 1.70 bits per heavy atom. The number of alkyl halides is 2. The molecule has 4 unspecified atom stereocenters. The molecule has 0 saturated heterocycles. The van der Waals surface area contributed by atoms with E-state index in [4.69, 9.17) is 0 Å². The first-order chi connectivity index (χ1) is 11.1. The highest BCUT2D eigenvalue weighted by Gasteiger charge is 2.41. The maximum absolute atomic E-state index is 14.7. The lowest BCUT2D eigenvalue weighted by Crippen LogP contribution is -2.36. The van der Waals surface area contributed by atoms with Crippen LogP contribution in [-0.4, -0.2) is 12.3 Å². The molecule has 0 aromatic heterocycles. The van der Waals surface area contributed by atoms with E-state index in [2.05, 4.69) is 6.92 Å². The van der Waals surface area contributed by atoms with E-state index in [-0.39, 0.29) is 11.8 Å². The van der Waals surface area contributed by atoms with Crippen molar-refractivity contribution in [3.05, 3.63) is 0 Å². The van der Waals surface area contributed by atoms with Gasteiger partial charge in [-0.15, -0.1) is 0 Å². The van der Waals surface area contributed by atoms with Crippen LogP contribution in [0.25, 0.3) is 0 Å². The third kappa shape index (κ3) is 4.10. The minimum Gasteiger partial charge on any atom is -0.244 e. The molecule has 0 N–H and O–H groups in total. The van der Waals surface area contributed by atoms with Gasteiger partial charge in [-0.2, -0.15) is 0 Å². The van der Waals surface area contributed by atoms with Crippen molar-refractivity contribution in [1.29, 1.82) is 0 Å². The molecule has 0 amide bonds. The summed E-state index contributed by atoms with van der Waals surface area (Å²) in [6.45, 7) is 4.27. The highest BCUT2D eigenvalue weighted by Crippen LogP contribution is 2.46. The summed E-state index contributed by atoms with van der Waals surface area (Å²) in [7, 11) is 0. The van der Waals surface area contributed by atoms with Crippen LogP contribution in [-0.2, 0) is 0 Å². The van der Waals surface area contributed by atoms with E-state index < -0.39 is 12.3 Å². The minimum atomic E-state index is -1.22. The third-order valence-corrected chi connectivity index (χ3v) is 7.60. The second-order valence-electron chi connectivity index (χ2n) is 9.16. The largest absolute Gasteiger partial charge is 0.244 e. The van der Waals surface area contributed by atoms with Crippen molar-refractivity contribution in [2.75, 3.05) is 0 Å². The van der Waals surface area contributed by atoms with Gasteiger partial charge in [-0.3, -0.25) is 0 Å². The smallest absolute Gasteiger partial charge is 0.134 e. The van der Waals surface area contributed by atoms with E-state index in [1.54, 1.807) is 0 Å². The lowest BCUT2D eigenvalue weighted by molar-refractivity contribution is 0.0366. The first-order valence-electron chi connectivity index (χ1n) is 10.3. The van der Waals surface area contributed by atoms with Gasteiger partial charge in [0.2, 0.25) is 0 Å². The molecule has 0 nitrogen and oxygen atoms in total. The number of rotatable bonds is 2. The SMILES string of the molecule is CC1CCC(C2CCC(C3CCCC(C)C(F)C3F)CC2)CC1. The van der Waals surface area contributed by atoms with Crippen molar-refractivity contribution in [3.63, 3.8) is 0 Å². The summed E-state index contributed by atoms with van der Waals surface area (Å²) in [4.78, 5) is 0. The molecular formula is C21H36F2. The summed E-state index contributed by atoms with van der Waals surface area (Å²) < 4.78 is 28.9. The lowest BCUT2D eigenvalue weighted by Gasteiger charge is -2.40. The Bertz CT molecular complexity index is 353. The fourth-order valence-corrected chi connectivity index (χ4v) is 5.84. The van der Waals surface area contributed by atoms with Crippen LogP contribution in [0.1, 0.15) is 84.5 Å². The zero-order valence-corrected chi connectivity index (χ0v) is 15.2. The fraction of sp³-hybridized carbons (Fsp3) is 1.00. The second-order valence-corrected chi connectivity index (χ2v) is 9.16. The first kappa shape index (κ1) is 17.7. The number of halogens is 2. The molecule has 23 heavy (non-hydrogen) atoms. The third-order valence-electron chi connectivity index (χ3n) is 7.60. The molecule has 0 aromatic carbocycles. The molecule has 0 bridgehead atoms. The van der Waals surface area contributed by atoms with Crippen LogP contribution in [0.2, 0.25) is 0 Å². The summed E-state index contributed by atoms with van der Waals surface area (Å²) in [5.74, 6) is 3.09. The summed E-state index contributed by atoms with van der Waals surface area (Å²) in [6, 6.07) is 0. The van der Waals surface area contributed by atoms with Crippen molar-refractivity contribution in [2.24, 2.45) is 35.5 Å². The van der Waals surface area contributed by atoms with Crippen LogP contribution >= 0.6 is 0 Å². The van der Waals surface area contributed by atoms with Gasteiger partial charge in [0.1, 0.15) is 12.3 Å². The predicted molar refractivity (Wildman–Crippen MR) is 92.9 cm³/mol. The highest BCUT2D eigenvalue weighted by atomic mass is 19.2. The Hall–Kier alpha value is -0.140. The van der Waals surface area contributed by atoms with Gasteiger partial charge >= 0.3 is 0 Å². The van der Waals surface area contributed by atoms with E-state index >= 15 is 0 Å². The lowest BCUT2D eigenvalue weighted by atomic mass is 9.66. The van der Waals surface area contributed by atoms with E-state index in [1.165, 1.54) is 38.5 Å². The number of hydrogen-bond acceptors (Lipinski definition) is 0. The molecule has 2 heteroatoms. The van der Waals surface area contributed by atoms with E-state index in [9.17, 15) is 8.78 Å². The van der Waals surface area contributed by atoms with Crippen LogP contribution in [0.3, 0.4) is 0 Å². The van der Waals surface area contributed by atoms with Crippen molar-refractivity contribution in [2.45, 2.75) is 96.8 Å². The minimum absolute atomic E-state index is 0.00211. The molecule has 0 heterocycles. The van der Waals surface area contributed by atoms with Gasteiger partial charge in [0.05, 0.1) is 0 Å². The Kier molecular flexibility index (Phi) is 6.02. The molecule has 0 aliphatic heterocycles. The van der Waals surface area contributed by atoms with Crippen LogP contribution in [0.5, 0.6) is 0 Å². The van der Waals surface area contributed by atoms with Crippen molar-refractivity contribution in [1.82, 2.24) is 0 Å². The molecule has 3 rings (SSSR count). The van der Waals surface area contributed by atoms with E-state index in [0.29, 0.717) is 5.92 Å². The topological polar surface area (TPSA) is 0 Å². The van der Waals surface area contributed by atoms with Crippen molar-refractivity contribution in [3.8, 4) is 0 Å². The predicted octanol–water partition coefficient (Wildman–Crippen LogP) is 6.73. The van der Waals surface area contributed by atoms with Crippen molar-refractivity contribution < 1.29 is 8.78 Å². The molecule has 134 valence electrons. The summed E-state index contributed by atoms with van der Waals surface area (Å²) in [5, 5.41) is 0. The Morgan fingerprint density at radius 2 is 1.09 bits per heavy atom. The molecule has 0 aromatic rings. The van der Waals surface area contributed by atoms with Crippen molar-refractivity contribution >= 4 is 0 Å². The van der Waals surface area contributed by atoms with Crippen LogP contribution < -0.4 is 0 Å². The van der Waals surface area contributed by atoms with E-state index in [1.807, 2.05) is 6.92 Å². The van der Waals surface area contributed by atoms with Gasteiger partial charge in [0.25, 0.3) is 0 Å². The van der Waals surface area contributed by atoms with Crippen LogP contribution in [0.15, 0.2) is 0 Å². The zero-order chi connectivity index (χ0) is 16.4. The summed E-state index contributed by atoms with van der Waals surface area (Å²) in [6.07, 6.45) is 10.9. The quantitative estimate of drug-likeness (QED) is 0.493. The fourth-order valence-electron chi connectivity index (χ4n) is 5.84. The number of hydrogen-bond donors (Lipinski definition) is 0. The summed E-state index contributed by atoms with van der Waals surface area (Å²) >= 11 is 0. The van der Waals surface area contributed by atoms with Crippen LogP contribution in [0.4, 0.5) is 8.78 Å². The van der Waals surface area contributed by atoms with Gasteiger partial charge in [-0.1, -0.05) is 33.1 Å². The average Bonchev–Trinajstić information content (AvgIpc) is 2.69. The highest BCUT2D eigenvalue weighted by molar-refractivity contribution is 4.90. The zero-order valence-electron chi connectivity index (χ0n) is 15.2. The van der Waals surface area contributed by atoms with Gasteiger partial charge in [0, 0.05) is 0 Å². The Balaban J connectivity index is 1.52. The molecule has 0 spiro atoms. The molecule has 3 aliphatic carbocycles. The van der Waals surface area contributed by atoms with Gasteiger partial charge < -0.3 is 0 Å². The standard InChI is InChI=1S/C21H36F2/c1-14-6-8-16(9-7-14)17-10-12-18(13-11-17)19-5-3-4-15(2)20(22)21(19)23/h14-21H,3-13H2,1-2H3. The molecule has 3 aliphatic rings. The van der Waals surface area contributed by atoms with Crippen LogP contribution in [0, 0.1) is 35.5 Å². The normalized spacial score (nSPS) is 49.6. The maximum atomic E-state index is 14.7. The monoisotopic (exact) mass is 326 g/mol. The Morgan fingerprint density at radius 1 is 0.565 bits per heavy atom. The molecule has 3 fully saturated rings. The van der Waals surface area contributed by atoms with Gasteiger partial charge in [-0.25, -0.2) is 8.78 Å². The first-order valence-corrected chi connectivity index (χ1v) is 10.3.